The molecule has 0 atom stereocenters. The van der Waals surface area contributed by atoms with E-state index in [0.29, 0.717) is 0 Å². The second-order valence-corrected chi connectivity index (χ2v) is 63.6. The van der Waals surface area contributed by atoms with Crippen LogP contribution in [0.5, 0.6) is 0 Å². The van der Waals surface area contributed by atoms with Gasteiger partial charge in [-0.25, -0.2) is 0 Å². The molecule has 2 aliphatic carbocycles. The SMILES string of the molecule is CCC[SiH](CCC)[Hf]([Cl])([Cl])([c]1cccc2c1Cc1ccccc1-2)[c]1cccc2c1Cc1ccccc1-2. The third kappa shape index (κ3) is 3.62. The van der Waals surface area contributed by atoms with E-state index in [1.54, 1.807) is 0 Å². The molecule has 0 spiro atoms. The van der Waals surface area contributed by atoms with Crippen LogP contribution in [0, 0.1) is 0 Å². The summed E-state index contributed by atoms with van der Waals surface area (Å²) in [6.45, 7) is 4.63. The van der Waals surface area contributed by atoms with Gasteiger partial charge in [0, 0.05) is 0 Å². The normalized spacial score (nSPS) is 14.6. The van der Waals surface area contributed by atoms with Crippen LogP contribution < -0.4 is 6.64 Å². The molecule has 0 saturated carbocycles. The van der Waals surface area contributed by atoms with Gasteiger partial charge in [0.1, 0.15) is 0 Å². The first-order valence-electron chi connectivity index (χ1n) is 13.5. The molecule has 0 amide bonds. The van der Waals surface area contributed by atoms with E-state index in [2.05, 4.69) is 98.8 Å². The van der Waals surface area contributed by atoms with Crippen molar-refractivity contribution in [3.63, 3.8) is 0 Å². The average molecular weight is 695 g/mol. The first-order valence-corrected chi connectivity index (χ1v) is 34.4. The summed E-state index contributed by atoms with van der Waals surface area (Å²) in [5, 5.41) is 0. The van der Waals surface area contributed by atoms with E-state index in [-0.39, 0.29) is 0 Å². The van der Waals surface area contributed by atoms with E-state index in [4.69, 9.17) is 17.2 Å². The summed E-state index contributed by atoms with van der Waals surface area (Å²) < 4.78 is 2.71. The number of hydrogen-bond donors (Lipinski definition) is 0. The van der Waals surface area contributed by atoms with Crippen LogP contribution in [-0.2, 0) is 28.1 Å². The van der Waals surface area contributed by atoms with Crippen LogP contribution in [0.15, 0.2) is 84.9 Å². The summed E-state index contributed by atoms with van der Waals surface area (Å²) in [7, 11) is 16.9. The van der Waals surface area contributed by atoms with Crippen molar-refractivity contribution in [2.75, 3.05) is 0 Å². The Morgan fingerprint density at radius 3 is 1.44 bits per heavy atom. The third-order valence-electron chi connectivity index (χ3n) is 8.68. The summed E-state index contributed by atoms with van der Waals surface area (Å²) in [5.74, 6) is -1.55. The number of benzene rings is 4. The summed E-state index contributed by atoms with van der Waals surface area (Å²) in [5.41, 5.74) is 11.1. The van der Waals surface area contributed by atoms with E-state index >= 15 is 0 Å². The number of rotatable bonds is 7. The zero-order valence-corrected chi connectivity index (χ0v) is 27.4. The molecule has 0 fully saturated rings. The van der Waals surface area contributed by atoms with Gasteiger partial charge < -0.3 is 0 Å². The maximum atomic E-state index is 8.47. The quantitative estimate of drug-likeness (QED) is 0.148. The summed E-state index contributed by atoms with van der Waals surface area (Å²) in [6.07, 6.45) is 4.21. The number of hydrogen-bond acceptors (Lipinski definition) is 0. The topological polar surface area (TPSA) is 0 Å². The molecule has 4 aromatic rings. The molecule has 0 N–H and O–H groups in total. The van der Waals surface area contributed by atoms with Gasteiger partial charge in [-0.3, -0.25) is 0 Å². The van der Waals surface area contributed by atoms with E-state index in [1.807, 2.05) is 0 Å². The molecule has 36 heavy (non-hydrogen) atoms. The van der Waals surface area contributed by atoms with Crippen molar-refractivity contribution >= 4 is 29.8 Å². The van der Waals surface area contributed by atoms with Crippen LogP contribution in [-0.4, -0.2) is 5.98 Å². The first-order chi connectivity index (χ1) is 17.5. The van der Waals surface area contributed by atoms with Crippen LogP contribution in [0.1, 0.15) is 48.9 Å². The molecule has 0 aliphatic heterocycles. The molecular formula is C32H33Cl2HfSi. The van der Waals surface area contributed by atoms with E-state index in [0.717, 1.165) is 25.7 Å². The molecule has 0 saturated heterocycles. The fraction of sp³-hybridized carbons (Fsp3) is 0.250. The van der Waals surface area contributed by atoms with Gasteiger partial charge in [0.2, 0.25) is 0 Å². The minimum absolute atomic E-state index is 0.946. The van der Waals surface area contributed by atoms with Gasteiger partial charge in [-0.15, -0.1) is 0 Å². The molecular weight excluding hydrogens is 662 g/mol. The Bertz CT molecular complexity index is 1370. The van der Waals surface area contributed by atoms with Crippen LogP contribution in [0.3, 0.4) is 0 Å². The molecule has 2 aliphatic rings. The Balaban J connectivity index is 1.65. The fourth-order valence-electron chi connectivity index (χ4n) is 7.11. The monoisotopic (exact) mass is 695 g/mol. The molecule has 4 heteroatoms. The molecule has 0 aromatic heterocycles. The number of fused-ring (bicyclic) bond motifs is 6. The van der Waals surface area contributed by atoms with Crippen molar-refractivity contribution in [2.45, 2.75) is 51.6 Å². The zero-order chi connectivity index (χ0) is 24.9. The molecule has 6 rings (SSSR count). The standard InChI is InChI=1S/2C13H9.C6H15Si.2ClH.Hf/c2*1-3-7-12-10(5-1)9-11-6-2-4-8-13(11)12;1-3-5-7-6-4-2;;;/h2*1-5,7-8H,9H2;7H,3-6H2,1-2H3;2*1H;/q;;;;;+2/p-2. The zero-order valence-electron chi connectivity index (χ0n) is 21.2. The summed E-state index contributed by atoms with van der Waals surface area (Å²) in [4.78, 5) is 0. The average Bonchev–Trinajstić information content (AvgIpc) is 3.47. The molecule has 0 unspecified atom stereocenters. The summed E-state index contributed by atoms with van der Waals surface area (Å²) >= 11 is -4.90. The van der Waals surface area contributed by atoms with Gasteiger partial charge in [-0.1, -0.05) is 0 Å². The molecule has 0 heterocycles. The second kappa shape index (κ2) is 9.38. The van der Waals surface area contributed by atoms with Crippen molar-refractivity contribution in [3.8, 4) is 22.3 Å². The molecule has 183 valence electrons. The minimum atomic E-state index is -4.90. The maximum absolute atomic E-state index is 8.47. The molecule has 0 bridgehead atoms. The van der Waals surface area contributed by atoms with Crippen LogP contribution in [0.2, 0.25) is 12.1 Å². The van der Waals surface area contributed by atoms with Gasteiger partial charge in [-0.05, 0) is 0 Å². The van der Waals surface area contributed by atoms with Crippen molar-refractivity contribution in [1.29, 1.82) is 0 Å². The molecule has 4 aromatic carbocycles. The fourth-order valence-corrected chi connectivity index (χ4v) is 67.8. The van der Waals surface area contributed by atoms with Gasteiger partial charge in [0.15, 0.2) is 0 Å². The Labute approximate surface area is 224 Å². The first kappa shape index (κ1) is 24.9. The van der Waals surface area contributed by atoms with Crippen molar-refractivity contribution in [1.82, 2.24) is 0 Å². The van der Waals surface area contributed by atoms with Crippen LogP contribution >= 0.6 is 17.2 Å². The van der Waals surface area contributed by atoms with E-state index in [9.17, 15) is 0 Å². The third-order valence-corrected chi connectivity index (χ3v) is 71.7. The van der Waals surface area contributed by atoms with Crippen LogP contribution in [0.25, 0.3) is 22.3 Å². The van der Waals surface area contributed by atoms with E-state index < -0.39 is 21.3 Å². The molecule has 0 radical (unpaired) electrons. The summed E-state index contributed by atoms with van der Waals surface area (Å²) in [6, 6.07) is 33.9. The van der Waals surface area contributed by atoms with Crippen molar-refractivity contribution in [2.24, 2.45) is 0 Å². The Morgan fingerprint density at radius 2 is 1.00 bits per heavy atom. The number of halogens is 2. The molecule has 0 nitrogen and oxygen atoms in total. The van der Waals surface area contributed by atoms with Gasteiger partial charge in [0.05, 0.1) is 0 Å². The van der Waals surface area contributed by atoms with E-state index in [1.165, 1.54) is 63.2 Å². The Morgan fingerprint density at radius 1 is 0.583 bits per heavy atom. The predicted octanol–water partition coefficient (Wildman–Crippen LogP) is 8.32. The van der Waals surface area contributed by atoms with Gasteiger partial charge in [0.25, 0.3) is 0 Å². The van der Waals surface area contributed by atoms with Gasteiger partial charge in [-0.2, -0.15) is 0 Å². The Hall–Kier alpha value is -1.45. The van der Waals surface area contributed by atoms with Crippen LogP contribution in [0.4, 0.5) is 0 Å². The van der Waals surface area contributed by atoms with Crippen molar-refractivity contribution < 1.29 is 15.3 Å². The van der Waals surface area contributed by atoms with Crippen molar-refractivity contribution in [3.05, 3.63) is 107 Å². The Kier molecular flexibility index (Phi) is 6.48. The second-order valence-electron chi connectivity index (χ2n) is 10.7. The van der Waals surface area contributed by atoms with Gasteiger partial charge >= 0.3 is 226 Å². The predicted molar refractivity (Wildman–Crippen MR) is 158 cm³/mol.